The van der Waals surface area contributed by atoms with Crippen molar-refractivity contribution in [2.75, 3.05) is 7.11 Å². The van der Waals surface area contributed by atoms with Gasteiger partial charge in [-0.15, -0.1) is 0 Å². The van der Waals surface area contributed by atoms with Gasteiger partial charge in [0, 0.05) is 0 Å². The molecule has 0 spiro atoms. The molecular formula is C10H12O2S. The first-order chi connectivity index (χ1) is 6.15. The molecule has 0 heterocycles. The van der Waals surface area contributed by atoms with Crippen LogP contribution in [0.5, 0.6) is 0 Å². The second kappa shape index (κ2) is 4.35. The maximum atomic E-state index is 9.61. The van der Waals surface area contributed by atoms with Crippen molar-refractivity contribution >= 4 is 17.3 Å². The lowest BCUT2D eigenvalue weighted by molar-refractivity contribution is 0.213. The van der Waals surface area contributed by atoms with Crippen molar-refractivity contribution in [2.45, 2.75) is 13.0 Å². The van der Waals surface area contributed by atoms with Crippen molar-refractivity contribution in [3.63, 3.8) is 0 Å². The van der Waals surface area contributed by atoms with Gasteiger partial charge < -0.3 is 9.84 Å². The molecule has 0 radical (unpaired) electrons. The number of benzene rings is 1. The van der Waals surface area contributed by atoms with Crippen LogP contribution in [0, 0.1) is 6.92 Å². The summed E-state index contributed by atoms with van der Waals surface area (Å²) in [5.74, 6) is 0. The lowest BCUT2D eigenvalue weighted by atomic mass is 10.1. The average Bonchev–Trinajstić information content (AvgIpc) is 2.17. The molecule has 1 rings (SSSR count). The predicted molar refractivity (Wildman–Crippen MR) is 55.7 cm³/mol. The van der Waals surface area contributed by atoms with E-state index in [-0.39, 0.29) is 5.05 Å². The van der Waals surface area contributed by atoms with Crippen molar-refractivity contribution in [3.05, 3.63) is 35.4 Å². The van der Waals surface area contributed by atoms with Gasteiger partial charge in [-0.3, -0.25) is 0 Å². The Kier molecular flexibility index (Phi) is 3.39. The van der Waals surface area contributed by atoms with Crippen molar-refractivity contribution < 1.29 is 9.84 Å². The van der Waals surface area contributed by atoms with E-state index >= 15 is 0 Å². The summed E-state index contributed by atoms with van der Waals surface area (Å²) >= 11 is 4.82. The Balaban J connectivity index is 2.83. The minimum atomic E-state index is -0.805. The Morgan fingerprint density at radius 2 is 1.92 bits per heavy atom. The number of hydrogen-bond donors (Lipinski definition) is 1. The van der Waals surface area contributed by atoms with Gasteiger partial charge in [0.25, 0.3) is 0 Å². The van der Waals surface area contributed by atoms with Crippen LogP contribution >= 0.6 is 12.2 Å². The molecule has 1 N–H and O–H groups in total. The maximum Gasteiger partial charge on any atom is 0.192 e. The van der Waals surface area contributed by atoms with Gasteiger partial charge in [0.1, 0.15) is 6.10 Å². The van der Waals surface area contributed by atoms with Crippen molar-refractivity contribution in [2.24, 2.45) is 0 Å². The summed E-state index contributed by atoms with van der Waals surface area (Å²) in [4.78, 5) is 0. The fourth-order valence-corrected chi connectivity index (χ4v) is 1.13. The third-order valence-electron chi connectivity index (χ3n) is 1.82. The van der Waals surface area contributed by atoms with Gasteiger partial charge in [0.2, 0.25) is 0 Å². The normalized spacial score (nSPS) is 12.2. The van der Waals surface area contributed by atoms with Crippen molar-refractivity contribution in [1.82, 2.24) is 0 Å². The van der Waals surface area contributed by atoms with E-state index in [1.807, 2.05) is 31.2 Å². The smallest absolute Gasteiger partial charge is 0.192 e. The van der Waals surface area contributed by atoms with Crippen LogP contribution in [-0.2, 0) is 4.74 Å². The van der Waals surface area contributed by atoms with Crippen LogP contribution in [0.3, 0.4) is 0 Å². The molecule has 2 nitrogen and oxygen atoms in total. The number of hydrogen-bond acceptors (Lipinski definition) is 3. The molecular weight excluding hydrogens is 184 g/mol. The Bertz CT molecular complexity index is 292. The fourth-order valence-electron chi connectivity index (χ4n) is 0.996. The monoisotopic (exact) mass is 196 g/mol. The Morgan fingerprint density at radius 3 is 2.38 bits per heavy atom. The highest BCUT2D eigenvalue weighted by atomic mass is 32.1. The van der Waals surface area contributed by atoms with E-state index in [1.165, 1.54) is 7.11 Å². The lowest BCUT2D eigenvalue weighted by Crippen LogP contribution is -2.11. The third kappa shape index (κ3) is 2.50. The van der Waals surface area contributed by atoms with E-state index in [0.29, 0.717) is 0 Å². The number of aliphatic hydroxyl groups is 1. The number of methoxy groups -OCH3 is 1. The molecule has 0 saturated carbocycles. The highest BCUT2D eigenvalue weighted by Gasteiger charge is 2.12. The summed E-state index contributed by atoms with van der Waals surface area (Å²) in [6.45, 7) is 1.99. The quantitative estimate of drug-likeness (QED) is 0.734. The summed E-state index contributed by atoms with van der Waals surface area (Å²) in [5.41, 5.74) is 1.91. The summed E-state index contributed by atoms with van der Waals surface area (Å²) < 4.78 is 4.78. The molecule has 0 fully saturated rings. The fraction of sp³-hybridized carbons (Fsp3) is 0.300. The Morgan fingerprint density at radius 1 is 1.38 bits per heavy atom. The summed E-state index contributed by atoms with van der Waals surface area (Å²) in [6.07, 6.45) is -0.805. The van der Waals surface area contributed by atoms with Gasteiger partial charge >= 0.3 is 0 Å². The van der Waals surface area contributed by atoms with E-state index < -0.39 is 6.10 Å². The Labute approximate surface area is 83.2 Å². The first kappa shape index (κ1) is 10.2. The van der Waals surface area contributed by atoms with Gasteiger partial charge in [-0.25, -0.2) is 0 Å². The molecule has 0 aliphatic heterocycles. The van der Waals surface area contributed by atoms with Crippen LogP contribution in [0.2, 0.25) is 0 Å². The van der Waals surface area contributed by atoms with Crippen LogP contribution in [0.1, 0.15) is 17.2 Å². The molecule has 0 saturated heterocycles. The highest BCUT2D eigenvalue weighted by molar-refractivity contribution is 7.80. The highest BCUT2D eigenvalue weighted by Crippen LogP contribution is 2.15. The standard InChI is InChI=1S/C10H12O2S/c1-7-3-5-8(6-4-7)9(11)10(13)12-2/h3-6,9,11H,1-2H3. The summed E-state index contributed by atoms with van der Waals surface area (Å²) in [5, 5.41) is 9.81. The predicted octanol–water partition coefficient (Wildman–Crippen LogP) is 2.00. The second-order valence-corrected chi connectivity index (χ2v) is 3.24. The zero-order valence-corrected chi connectivity index (χ0v) is 8.47. The molecule has 1 aromatic rings. The van der Waals surface area contributed by atoms with Crippen LogP contribution in [0.4, 0.5) is 0 Å². The third-order valence-corrected chi connectivity index (χ3v) is 2.21. The zero-order valence-electron chi connectivity index (χ0n) is 7.65. The van der Waals surface area contributed by atoms with E-state index in [9.17, 15) is 5.11 Å². The van der Waals surface area contributed by atoms with Crippen LogP contribution in [0.15, 0.2) is 24.3 Å². The number of aliphatic hydroxyl groups excluding tert-OH is 1. The molecule has 1 aromatic carbocycles. The number of thiocarbonyl (C=S) groups is 1. The van der Waals surface area contributed by atoms with Gasteiger partial charge in [0.15, 0.2) is 5.05 Å². The van der Waals surface area contributed by atoms with Gasteiger partial charge in [-0.05, 0) is 24.7 Å². The van der Waals surface area contributed by atoms with E-state index in [0.717, 1.165) is 11.1 Å². The molecule has 70 valence electrons. The molecule has 0 aromatic heterocycles. The molecule has 0 aliphatic carbocycles. The molecule has 3 heteroatoms. The molecule has 0 bridgehead atoms. The topological polar surface area (TPSA) is 29.5 Å². The first-order valence-corrected chi connectivity index (χ1v) is 4.38. The van der Waals surface area contributed by atoms with Crippen LogP contribution < -0.4 is 0 Å². The van der Waals surface area contributed by atoms with Gasteiger partial charge in [0.05, 0.1) is 7.11 Å². The maximum absolute atomic E-state index is 9.61. The number of aryl methyl sites for hydroxylation is 1. The summed E-state index contributed by atoms with van der Waals surface area (Å²) in [7, 11) is 1.46. The minimum Gasteiger partial charge on any atom is -0.488 e. The largest absolute Gasteiger partial charge is 0.488 e. The van der Waals surface area contributed by atoms with Crippen molar-refractivity contribution in [1.29, 1.82) is 0 Å². The lowest BCUT2D eigenvalue weighted by Gasteiger charge is -2.10. The molecule has 13 heavy (non-hydrogen) atoms. The summed E-state index contributed by atoms with van der Waals surface area (Å²) in [6, 6.07) is 7.53. The van der Waals surface area contributed by atoms with Crippen LogP contribution in [-0.4, -0.2) is 17.3 Å². The Hall–Kier alpha value is -0.930. The van der Waals surface area contributed by atoms with Crippen LogP contribution in [0.25, 0.3) is 0 Å². The minimum absolute atomic E-state index is 0.198. The number of rotatable bonds is 2. The molecule has 0 aliphatic rings. The molecule has 1 unspecified atom stereocenters. The van der Waals surface area contributed by atoms with E-state index in [2.05, 4.69) is 0 Å². The van der Waals surface area contributed by atoms with E-state index in [1.54, 1.807) is 0 Å². The van der Waals surface area contributed by atoms with Crippen molar-refractivity contribution in [3.8, 4) is 0 Å². The zero-order chi connectivity index (χ0) is 9.84. The van der Waals surface area contributed by atoms with Gasteiger partial charge in [-0.2, -0.15) is 0 Å². The molecule has 1 atom stereocenters. The van der Waals surface area contributed by atoms with Gasteiger partial charge in [-0.1, -0.05) is 29.8 Å². The van der Waals surface area contributed by atoms with E-state index in [4.69, 9.17) is 17.0 Å². The average molecular weight is 196 g/mol. The number of ether oxygens (including phenoxy) is 1. The molecule has 0 amide bonds. The second-order valence-electron chi connectivity index (χ2n) is 2.84. The first-order valence-electron chi connectivity index (χ1n) is 3.97. The SMILES string of the molecule is COC(=S)C(O)c1ccc(C)cc1.